The summed E-state index contributed by atoms with van der Waals surface area (Å²) in [7, 11) is 0. The smallest absolute Gasteiger partial charge is 0.353 e. The van der Waals surface area contributed by atoms with Gasteiger partial charge in [-0.2, -0.15) is 0 Å². The number of carbonyl (C=O) groups is 4. The van der Waals surface area contributed by atoms with E-state index in [1.54, 1.807) is 27.0 Å². The van der Waals surface area contributed by atoms with Crippen molar-refractivity contribution >= 4 is 69.5 Å². The minimum atomic E-state index is -1.21. The lowest BCUT2D eigenvalue weighted by atomic mass is 10.0. The zero-order chi connectivity index (χ0) is 26.1. The fourth-order valence-electron chi connectivity index (χ4n) is 3.12. The number of fused-ring (bicyclic) bond motifs is 1. The van der Waals surface area contributed by atoms with E-state index in [1.807, 2.05) is 0 Å². The van der Waals surface area contributed by atoms with Gasteiger partial charge in [0, 0.05) is 16.0 Å². The SMILES string of the molecule is CSC1=C(C(=O)O)N2C(=O)C(NC(=O)/C(=N/OC(C)C(=O)OC(C)(C)C)c3csc(N)n3)[C@H]2SC1. The van der Waals surface area contributed by atoms with Gasteiger partial charge in [0.2, 0.25) is 6.10 Å². The number of amides is 2. The standard InChI is InChI=1S/C20H25N5O7S3/c1-8(18(30)31-20(2,3)4)32-24-11(9-6-35-19(21)22-9)14(26)23-12-15(27)25-13(17(28)29)10(33-5)7-34-16(12)25/h6,8,12,16H,7H2,1-5H3,(H2,21,22)(H,23,26)(H,28,29)/b24-11+/t8?,12?,16-/m1/s1. The van der Waals surface area contributed by atoms with Crippen molar-refractivity contribution in [2.45, 2.75) is 50.8 Å². The predicted octanol–water partition coefficient (Wildman–Crippen LogP) is 1.24. The molecule has 4 N–H and O–H groups in total. The fraction of sp³-hybridized carbons (Fsp3) is 0.500. The van der Waals surface area contributed by atoms with Gasteiger partial charge in [0.05, 0.1) is 0 Å². The number of carboxylic acids is 1. The lowest BCUT2D eigenvalue weighted by Gasteiger charge is -2.49. The van der Waals surface area contributed by atoms with Crippen LogP contribution in [0.4, 0.5) is 5.13 Å². The molecule has 2 aliphatic heterocycles. The Morgan fingerprint density at radius 3 is 2.63 bits per heavy atom. The molecule has 1 saturated heterocycles. The van der Waals surface area contributed by atoms with Crippen LogP contribution < -0.4 is 11.1 Å². The minimum Gasteiger partial charge on any atom is -0.477 e. The van der Waals surface area contributed by atoms with Crippen LogP contribution in [0.3, 0.4) is 0 Å². The number of aliphatic carboxylic acids is 1. The molecular weight excluding hydrogens is 518 g/mol. The third kappa shape index (κ3) is 5.90. The summed E-state index contributed by atoms with van der Waals surface area (Å²) in [6.45, 7) is 6.52. The number of thiazole rings is 1. The number of nitrogens with one attached hydrogen (secondary N) is 1. The first kappa shape index (κ1) is 26.8. The maximum Gasteiger partial charge on any atom is 0.353 e. The summed E-state index contributed by atoms with van der Waals surface area (Å²) in [6.07, 6.45) is 0.611. The molecule has 3 heterocycles. The molecule has 2 unspecified atom stereocenters. The zero-order valence-corrected chi connectivity index (χ0v) is 22.0. The van der Waals surface area contributed by atoms with Crippen LogP contribution in [0.2, 0.25) is 0 Å². The number of oxime groups is 1. The Bertz CT molecular complexity index is 1110. The molecule has 3 atom stereocenters. The van der Waals surface area contributed by atoms with Crippen LogP contribution in [0.1, 0.15) is 33.4 Å². The van der Waals surface area contributed by atoms with Crippen molar-refractivity contribution in [2.24, 2.45) is 5.16 Å². The number of ether oxygens (including phenoxy) is 1. The molecule has 2 amide bonds. The number of nitrogen functional groups attached to an aromatic ring is 1. The largest absolute Gasteiger partial charge is 0.477 e. The number of esters is 1. The fourth-order valence-corrected chi connectivity index (χ4v) is 5.91. The Kier molecular flexibility index (Phi) is 8.01. The molecule has 0 aromatic carbocycles. The van der Waals surface area contributed by atoms with E-state index in [0.29, 0.717) is 10.7 Å². The van der Waals surface area contributed by atoms with Crippen LogP contribution in [0.25, 0.3) is 0 Å². The lowest BCUT2D eigenvalue weighted by Crippen LogP contribution is -2.71. The van der Waals surface area contributed by atoms with Crippen LogP contribution in [0.15, 0.2) is 21.1 Å². The number of rotatable bonds is 8. The van der Waals surface area contributed by atoms with Gasteiger partial charge in [-0.1, -0.05) is 5.16 Å². The molecule has 12 nitrogen and oxygen atoms in total. The third-order valence-electron chi connectivity index (χ3n) is 4.69. The van der Waals surface area contributed by atoms with Crippen molar-refractivity contribution in [2.75, 3.05) is 17.7 Å². The predicted molar refractivity (Wildman–Crippen MR) is 133 cm³/mol. The van der Waals surface area contributed by atoms with Crippen molar-refractivity contribution < 1.29 is 33.9 Å². The van der Waals surface area contributed by atoms with Crippen molar-refractivity contribution in [3.63, 3.8) is 0 Å². The number of thioether (sulfide) groups is 2. The number of β-lactam (4-membered cyclic amide) rings is 1. The number of carboxylic acid groups (broad SMARTS) is 1. The lowest BCUT2D eigenvalue weighted by molar-refractivity contribution is -0.167. The molecule has 3 rings (SSSR count). The number of hydrogen-bond acceptors (Lipinski definition) is 12. The van der Waals surface area contributed by atoms with E-state index in [-0.39, 0.29) is 22.2 Å². The first-order chi connectivity index (χ1) is 16.3. The molecule has 0 spiro atoms. The topological polar surface area (TPSA) is 174 Å². The number of carbonyl (C=O) groups excluding carboxylic acids is 3. The minimum absolute atomic E-state index is 0.0765. The Morgan fingerprint density at radius 1 is 1.40 bits per heavy atom. The maximum atomic E-state index is 13.1. The molecule has 35 heavy (non-hydrogen) atoms. The van der Waals surface area contributed by atoms with Gasteiger partial charge in [0.25, 0.3) is 11.8 Å². The second-order valence-electron chi connectivity index (χ2n) is 8.43. The number of nitrogens with two attached hydrogens (primary N) is 1. The van der Waals surface area contributed by atoms with Gasteiger partial charge in [0.15, 0.2) is 10.8 Å². The summed E-state index contributed by atoms with van der Waals surface area (Å²) in [5.74, 6) is -2.84. The molecule has 1 aromatic rings. The number of nitrogens with zero attached hydrogens (tertiary/aromatic N) is 3. The third-order valence-corrected chi connectivity index (χ3v) is 7.66. The Balaban J connectivity index is 1.78. The number of aromatic nitrogens is 1. The Hall–Kier alpha value is -2.78. The molecule has 15 heteroatoms. The highest BCUT2D eigenvalue weighted by atomic mass is 32.2. The monoisotopic (exact) mass is 543 g/mol. The Morgan fingerprint density at radius 2 is 2.09 bits per heavy atom. The normalized spacial score (nSPS) is 21.1. The number of hydrogen-bond donors (Lipinski definition) is 3. The summed E-state index contributed by atoms with van der Waals surface area (Å²) < 4.78 is 5.24. The van der Waals surface area contributed by atoms with Crippen LogP contribution >= 0.6 is 34.9 Å². The first-order valence-electron chi connectivity index (χ1n) is 10.3. The van der Waals surface area contributed by atoms with E-state index in [2.05, 4.69) is 15.5 Å². The van der Waals surface area contributed by atoms with Gasteiger partial charge in [-0.25, -0.2) is 14.6 Å². The maximum absolute atomic E-state index is 13.1. The first-order valence-corrected chi connectivity index (χ1v) is 13.4. The van der Waals surface area contributed by atoms with Gasteiger partial charge in [-0.05, 0) is 34.0 Å². The molecule has 0 radical (unpaired) electrons. The van der Waals surface area contributed by atoms with E-state index in [0.717, 1.165) is 11.3 Å². The van der Waals surface area contributed by atoms with E-state index >= 15 is 0 Å². The van der Waals surface area contributed by atoms with Gasteiger partial charge < -0.3 is 25.7 Å². The molecule has 1 fully saturated rings. The molecule has 0 saturated carbocycles. The highest BCUT2D eigenvalue weighted by molar-refractivity contribution is 8.05. The van der Waals surface area contributed by atoms with Crippen LogP contribution in [0, 0.1) is 0 Å². The van der Waals surface area contributed by atoms with Crippen molar-refractivity contribution in [1.29, 1.82) is 0 Å². The van der Waals surface area contributed by atoms with Crippen LogP contribution in [-0.2, 0) is 28.8 Å². The second-order valence-corrected chi connectivity index (χ2v) is 11.3. The Labute approximate surface area is 213 Å². The molecular formula is C20H25N5O7S3. The van der Waals surface area contributed by atoms with Gasteiger partial charge in [0.1, 0.15) is 28.4 Å². The molecule has 0 aliphatic carbocycles. The summed E-state index contributed by atoms with van der Waals surface area (Å²) in [6, 6.07) is -0.977. The average molecular weight is 544 g/mol. The molecule has 0 bridgehead atoms. The van der Waals surface area contributed by atoms with Gasteiger partial charge >= 0.3 is 11.9 Å². The summed E-state index contributed by atoms with van der Waals surface area (Å²) >= 11 is 3.67. The van der Waals surface area contributed by atoms with E-state index < -0.39 is 46.9 Å². The summed E-state index contributed by atoms with van der Waals surface area (Å²) in [4.78, 5) is 60.8. The summed E-state index contributed by atoms with van der Waals surface area (Å²) in [5, 5.41) is 17.0. The average Bonchev–Trinajstić information content (AvgIpc) is 3.20. The summed E-state index contributed by atoms with van der Waals surface area (Å²) in [5.41, 5.74) is 4.67. The van der Waals surface area contributed by atoms with Crippen LogP contribution in [0.5, 0.6) is 0 Å². The highest BCUT2D eigenvalue weighted by Crippen LogP contribution is 2.42. The quantitative estimate of drug-likeness (QED) is 0.186. The van der Waals surface area contributed by atoms with E-state index in [9.17, 15) is 24.3 Å². The van der Waals surface area contributed by atoms with Crippen molar-refractivity contribution in [3.05, 3.63) is 21.7 Å². The molecule has 2 aliphatic rings. The van der Waals surface area contributed by atoms with Crippen LogP contribution in [-0.4, -0.2) is 79.6 Å². The van der Waals surface area contributed by atoms with Crippen molar-refractivity contribution in [1.82, 2.24) is 15.2 Å². The van der Waals surface area contributed by atoms with Crippen molar-refractivity contribution in [3.8, 4) is 0 Å². The number of anilines is 1. The molecule has 1 aromatic heterocycles. The van der Waals surface area contributed by atoms with Gasteiger partial charge in [-0.15, -0.1) is 34.9 Å². The van der Waals surface area contributed by atoms with E-state index in [1.165, 1.54) is 40.7 Å². The second kappa shape index (κ2) is 10.5. The zero-order valence-electron chi connectivity index (χ0n) is 19.6. The molecule has 190 valence electrons. The van der Waals surface area contributed by atoms with E-state index in [4.69, 9.17) is 15.3 Å². The van der Waals surface area contributed by atoms with Gasteiger partial charge in [-0.3, -0.25) is 14.5 Å². The highest BCUT2D eigenvalue weighted by Gasteiger charge is 2.54.